The number of alkyl halides is 5. The van der Waals surface area contributed by atoms with Crippen molar-refractivity contribution in [2.75, 3.05) is 13.7 Å². The van der Waals surface area contributed by atoms with Crippen molar-refractivity contribution in [3.8, 4) is 11.5 Å². The van der Waals surface area contributed by atoms with E-state index >= 15 is 0 Å². The minimum atomic E-state index is -4.42. The van der Waals surface area contributed by atoms with Crippen molar-refractivity contribution in [3.05, 3.63) is 59.7 Å². The van der Waals surface area contributed by atoms with Crippen molar-refractivity contribution in [3.63, 3.8) is 0 Å². The quantitative estimate of drug-likeness (QED) is 0.589. The van der Waals surface area contributed by atoms with Gasteiger partial charge >= 0.3 is 18.8 Å². The van der Waals surface area contributed by atoms with E-state index in [-0.39, 0.29) is 24.1 Å². The van der Waals surface area contributed by atoms with E-state index in [1.165, 1.54) is 29.2 Å². The lowest BCUT2D eigenvalue weighted by Gasteiger charge is -2.22. The van der Waals surface area contributed by atoms with Crippen LogP contribution < -0.4 is 14.8 Å². The zero-order valence-electron chi connectivity index (χ0n) is 16.2. The van der Waals surface area contributed by atoms with Gasteiger partial charge in [0.15, 0.2) is 6.61 Å². The second-order valence-electron chi connectivity index (χ2n) is 6.52. The molecule has 0 spiro atoms. The molecule has 1 unspecified atom stereocenters. The Hall–Kier alpha value is -3.04. The SMILES string of the molecule is CC(NC(=O)N(C)Cc1ccc(OC(F)F)cc1)c1ccc(OCC(F)(F)F)cc1. The maximum absolute atomic E-state index is 12.4. The zero-order chi connectivity index (χ0) is 22.3. The molecule has 30 heavy (non-hydrogen) atoms. The van der Waals surface area contributed by atoms with Crippen molar-refractivity contribution in [2.45, 2.75) is 32.3 Å². The van der Waals surface area contributed by atoms with E-state index in [0.29, 0.717) is 11.1 Å². The number of rotatable bonds is 8. The minimum absolute atomic E-state index is 0.0251. The van der Waals surface area contributed by atoms with E-state index in [1.54, 1.807) is 38.2 Å². The molecule has 0 aliphatic heterocycles. The van der Waals surface area contributed by atoms with Crippen LogP contribution in [0, 0.1) is 0 Å². The molecule has 0 aliphatic carbocycles. The fourth-order valence-corrected chi connectivity index (χ4v) is 2.52. The van der Waals surface area contributed by atoms with E-state index in [2.05, 4.69) is 14.8 Å². The van der Waals surface area contributed by atoms with Crippen LogP contribution in [-0.2, 0) is 6.54 Å². The van der Waals surface area contributed by atoms with Gasteiger partial charge in [-0.2, -0.15) is 22.0 Å². The van der Waals surface area contributed by atoms with E-state index in [1.807, 2.05) is 0 Å². The lowest BCUT2D eigenvalue weighted by atomic mass is 10.1. The first kappa shape index (κ1) is 23.2. The van der Waals surface area contributed by atoms with Crippen LogP contribution in [0.1, 0.15) is 24.1 Å². The number of hydrogen-bond donors (Lipinski definition) is 1. The smallest absolute Gasteiger partial charge is 0.422 e. The molecule has 0 fully saturated rings. The molecule has 0 bridgehead atoms. The summed E-state index contributed by atoms with van der Waals surface area (Å²) >= 11 is 0. The highest BCUT2D eigenvalue weighted by atomic mass is 19.4. The predicted octanol–water partition coefficient (Wildman–Crippen LogP) is 5.13. The van der Waals surface area contributed by atoms with Crippen molar-refractivity contribution in [2.24, 2.45) is 0 Å². The van der Waals surface area contributed by atoms with Gasteiger partial charge in [-0.05, 0) is 42.3 Å². The molecular weight excluding hydrogens is 411 g/mol. The molecule has 164 valence electrons. The maximum atomic E-state index is 12.4. The standard InChI is InChI=1S/C20H21F5N2O3/c1-13(15-5-9-16(10-6-15)29-12-20(23,24)25)26-19(28)27(2)11-14-3-7-17(8-4-14)30-18(21)22/h3-10,13,18H,11-12H2,1-2H3,(H,26,28). The van der Waals surface area contributed by atoms with Gasteiger partial charge in [0, 0.05) is 13.6 Å². The van der Waals surface area contributed by atoms with Crippen LogP contribution in [0.15, 0.2) is 48.5 Å². The summed E-state index contributed by atoms with van der Waals surface area (Å²) < 4.78 is 69.8. The van der Waals surface area contributed by atoms with Gasteiger partial charge in [-0.3, -0.25) is 0 Å². The zero-order valence-corrected chi connectivity index (χ0v) is 16.2. The molecule has 0 aliphatic rings. The molecular formula is C20H21F5N2O3. The number of benzene rings is 2. The highest BCUT2D eigenvalue weighted by molar-refractivity contribution is 5.74. The van der Waals surface area contributed by atoms with Crippen molar-refractivity contribution >= 4 is 6.03 Å². The van der Waals surface area contributed by atoms with Gasteiger partial charge in [0.1, 0.15) is 11.5 Å². The Morgan fingerprint density at radius 3 is 2.13 bits per heavy atom. The number of nitrogens with one attached hydrogen (secondary N) is 1. The van der Waals surface area contributed by atoms with Crippen LogP contribution in [0.3, 0.4) is 0 Å². The van der Waals surface area contributed by atoms with Gasteiger partial charge in [-0.15, -0.1) is 0 Å². The fourth-order valence-electron chi connectivity index (χ4n) is 2.52. The first-order valence-electron chi connectivity index (χ1n) is 8.88. The molecule has 5 nitrogen and oxygen atoms in total. The summed E-state index contributed by atoms with van der Waals surface area (Å²) in [5.74, 6) is 0.100. The first-order chi connectivity index (χ1) is 14.0. The Morgan fingerprint density at radius 1 is 1.03 bits per heavy atom. The third-order valence-electron chi connectivity index (χ3n) is 4.04. The van der Waals surface area contributed by atoms with Crippen molar-refractivity contribution in [1.29, 1.82) is 0 Å². The number of carbonyl (C=O) groups is 1. The summed E-state index contributed by atoms with van der Waals surface area (Å²) in [5.41, 5.74) is 1.40. The summed E-state index contributed by atoms with van der Waals surface area (Å²) in [7, 11) is 1.57. The van der Waals surface area contributed by atoms with Crippen LogP contribution in [0.25, 0.3) is 0 Å². The summed E-state index contributed by atoms with van der Waals surface area (Å²) in [6, 6.07) is 11.1. The minimum Gasteiger partial charge on any atom is -0.484 e. The van der Waals surface area contributed by atoms with Crippen LogP contribution in [0.5, 0.6) is 11.5 Å². The lowest BCUT2D eigenvalue weighted by Crippen LogP contribution is -2.38. The Morgan fingerprint density at radius 2 is 1.60 bits per heavy atom. The van der Waals surface area contributed by atoms with Crippen molar-refractivity contribution in [1.82, 2.24) is 10.2 Å². The number of halogens is 5. The number of amides is 2. The number of ether oxygens (including phenoxy) is 2. The lowest BCUT2D eigenvalue weighted by molar-refractivity contribution is -0.153. The number of urea groups is 1. The van der Waals surface area contributed by atoms with E-state index in [9.17, 15) is 26.7 Å². The van der Waals surface area contributed by atoms with Gasteiger partial charge in [-0.25, -0.2) is 4.79 Å². The second-order valence-corrected chi connectivity index (χ2v) is 6.52. The van der Waals surface area contributed by atoms with Crippen LogP contribution in [-0.4, -0.2) is 37.4 Å². The monoisotopic (exact) mass is 432 g/mol. The van der Waals surface area contributed by atoms with Crippen molar-refractivity contribution < 1.29 is 36.2 Å². The fraction of sp³-hybridized carbons (Fsp3) is 0.350. The predicted molar refractivity (Wildman–Crippen MR) is 99.5 cm³/mol. The molecule has 1 atom stereocenters. The van der Waals surface area contributed by atoms with Crippen LogP contribution >= 0.6 is 0 Å². The average Bonchev–Trinajstić information content (AvgIpc) is 2.67. The Balaban J connectivity index is 1.86. The molecule has 2 aromatic carbocycles. The third kappa shape index (κ3) is 7.76. The molecule has 2 amide bonds. The van der Waals surface area contributed by atoms with Gasteiger partial charge in [0.05, 0.1) is 6.04 Å². The maximum Gasteiger partial charge on any atom is 0.422 e. The Kier molecular flexibility index (Phi) is 7.85. The van der Waals surface area contributed by atoms with E-state index in [4.69, 9.17) is 0 Å². The molecule has 2 rings (SSSR count). The normalized spacial score (nSPS) is 12.4. The summed E-state index contributed by atoms with van der Waals surface area (Å²) in [4.78, 5) is 13.8. The number of carbonyl (C=O) groups excluding carboxylic acids is 1. The third-order valence-corrected chi connectivity index (χ3v) is 4.04. The van der Waals surface area contributed by atoms with E-state index in [0.717, 1.165) is 0 Å². The molecule has 10 heteroatoms. The Bertz CT molecular complexity index is 811. The van der Waals surface area contributed by atoms with Crippen LogP contribution in [0.2, 0.25) is 0 Å². The molecule has 0 saturated heterocycles. The van der Waals surface area contributed by atoms with Gasteiger partial charge in [0.2, 0.25) is 0 Å². The van der Waals surface area contributed by atoms with Crippen LogP contribution in [0.4, 0.5) is 26.7 Å². The molecule has 0 heterocycles. The topological polar surface area (TPSA) is 50.8 Å². The molecule has 0 aromatic heterocycles. The first-order valence-corrected chi connectivity index (χ1v) is 8.88. The summed E-state index contributed by atoms with van der Waals surface area (Å²) in [6.07, 6.45) is -4.42. The average molecular weight is 432 g/mol. The summed E-state index contributed by atoms with van der Waals surface area (Å²) in [6.45, 7) is -2.32. The van der Waals surface area contributed by atoms with E-state index < -0.39 is 25.4 Å². The summed E-state index contributed by atoms with van der Waals surface area (Å²) in [5, 5.41) is 2.77. The Labute approximate surface area is 170 Å². The molecule has 0 radical (unpaired) electrons. The van der Waals surface area contributed by atoms with Gasteiger partial charge in [0.25, 0.3) is 0 Å². The number of hydrogen-bond acceptors (Lipinski definition) is 3. The highest BCUT2D eigenvalue weighted by Gasteiger charge is 2.28. The highest BCUT2D eigenvalue weighted by Crippen LogP contribution is 2.21. The molecule has 0 saturated carbocycles. The second kappa shape index (κ2) is 10.1. The largest absolute Gasteiger partial charge is 0.484 e. The van der Waals surface area contributed by atoms with Gasteiger partial charge < -0.3 is 19.7 Å². The van der Waals surface area contributed by atoms with Gasteiger partial charge in [-0.1, -0.05) is 24.3 Å². The number of nitrogens with zero attached hydrogens (tertiary/aromatic N) is 1. The molecule has 1 N–H and O–H groups in total. The molecule has 2 aromatic rings.